The van der Waals surface area contributed by atoms with Crippen LogP contribution in [0.1, 0.15) is 11.1 Å². The predicted octanol–water partition coefficient (Wildman–Crippen LogP) is 2.41. The zero-order valence-electron chi connectivity index (χ0n) is 7.81. The van der Waals surface area contributed by atoms with E-state index in [4.69, 9.17) is 11.6 Å². The molecule has 1 N–H and O–H groups in total. The molecular weight excluding hydrogens is 182 g/mol. The van der Waals surface area contributed by atoms with Gasteiger partial charge in [-0.3, -0.25) is 0 Å². The molecule has 70 valence electrons. The summed E-state index contributed by atoms with van der Waals surface area (Å²) in [6, 6.07) is 6.37. The molecule has 0 aromatic heterocycles. The van der Waals surface area contributed by atoms with Crippen LogP contribution in [0.3, 0.4) is 0 Å². The number of benzene rings is 1. The molecule has 0 bridgehead atoms. The highest BCUT2D eigenvalue weighted by Crippen LogP contribution is 2.19. The Balaban J connectivity index is 2.07. The third-order valence-electron chi connectivity index (χ3n) is 2.63. The van der Waals surface area contributed by atoms with Crippen molar-refractivity contribution in [3.8, 4) is 0 Å². The average Bonchev–Trinajstić information content (AvgIpc) is 2.04. The van der Waals surface area contributed by atoms with Crippen molar-refractivity contribution in [1.82, 2.24) is 5.32 Å². The van der Waals surface area contributed by atoms with Crippen LogP contribution in [-0.4, -0.2) is 13.1 Å². The number of hydrogen-bond acceptors (Lipinski definition) is 1. The smallest absolute Gasteiger partial charge is 0.0437 e. The van der Waals surface area contributed by atoms with Gasteiger partial charge in [-0.05, 0) is 49.5 Å². The minimum atomic E-state index is 0.818. The Kier molecular flexibility index (Phi) is 2.56. The Morgan fingerprint density at radius 3 is 2.77 bits per heavy atom. The van der Waals surface area contributed by atoms with Gasteiger partial charge in [-0.25, -0.2) is 0 Å². The summed E-state index contributed by atoms with van der Waals surface area (Å²) in [5.74, 6) is 0.818. The van der Waals surface area contributed by atoms with Gasteiger partial charge in [-0.1, -0.05) is 23.7 Å². The largest absolute Gasteiger partial charge is 0.316 e. The SMILES string of the molecule is Cc1ccc(CC2CNC2)cc1Cl. The van der Waals surface area contributed by atoms with Crippen molar-refractivity contribution in [2.24, 2.45) is 5.92 Å². The standard InChI is InChI=1S/C11H14ClN/c1-8-2-3-9(5-11(8)12)4-10-6-13-7-10/h2-3,5,10,13H,4,6-7H2,1H3. The molecule has 1 fully saturated rings. The van der Waals surface area contributed by atoms with Gasteiger partial charge in [0.05, 0.1) is 0 Å². The number of halogens is 1. The van der Waals surface area contributed by atoms with Crippen LogP contribution in [0.5, 0.6) is 0 Å². The highest BCUT2D eigenvalue weighted by atomic mass is 35.5. The maximum atomic E-state index is 6.04. The van der Waals surface area contributed by atoms with Crippen LogP contribution >= 0.6 is 11.6 Å². The van der Waals surface area contributed by atoms with Crippen LogP contribution in [0.4, 0.5) is 0 Å². The molecule has 2 rings (SSSR count). The summed E-state index contributed by atoms with van der Waals surface area (Å²) in [6.07, 6.45) is 1.16. The third kappa shape index (κ3) is 2.04. The first kappa shape index (κ1) is 9.04. The van der Waals surface area contributed by atoms with Gasteiger partial charge in [0.2, 0.25) is 0 Å². The van der Waals surface area contributed by atoms with Crippen LogP contribution in [0.15, 0.2) is 18.2 Å². The fraction of sp³-hybridized carbons (Fsp3) is 0.455. The maximum absolute atomic E-state index is 6.04. The van der Waals surface area contributed by atoms with E-state index in [-0.39, 0.29) is 0 Å². The van der Waals surface area contributed by atoms with Gasteiger partial charge >= 0.3 is 0 Å². The monoisotopic (exact) mass is 195 g/mol. The van der Waals surface area contributed by atoms with Crippen LogP contribution < -0.4 is 5.32 Å². The maximum Gasteiger partial charge on any atom is 0.0437 e. The Bertz CT molecular complexity index is 305. The van der Waals surface area contributed by atoms with Gasteiger partial charge in [0, 0.05) is 5.02 Å². The molecular formula is C11H14ClN. The highest BCUT2D eigenvalue weighted by Gasteiger charge is 2.16. The Morgan fingerprint density at radius 2 is 2.23 bits per heavy atom. The van der Waals surface area contributed by atoms with Crippen molar-refractivity contribution in [3.05, 3.63) is 34.3 Å². The second-order valence-electron chi connectivity index (χ2n) is 3.81. The van der Waals surface area contributed by atoms with E-state index >= 15 is 0 Å². The quantitative estimate of drug-likeness (QED) is 0.765. The third-order valence-corrected chi connectivity index (χ3v) is 3.03. The molecule has 1 heterocycles. The molecule has 1 aromatic carbocycles. The summed E-state index contributed by atoms with van der Waals surface area (Å²) >= 11 is 6.04. The summed E-state index contributed by atoms with van der Waals surface area (Å²) < 4.78 is 0. The van der Waals surface area contributed by atoms with Gasteiger partial charge < -0.3 is 5.32 Å². The molecule has 0 aliphatic carbocycles. The second-order valence-corrected chi connectivity index (χ2v) is 4.22. The van der Waals surface area contributed by atoms with E-state index in [1.807, 2.05) is 6.92 Å². The molecule has 0 spiro atoms. The summed E-state index contributed by atoms with van der Waals surface area (Å²) in [5, 5.41) is 4.17. The van der Waals surface area contributed by atoms with Gasteiger partial charge in [-0.2, -0.15) is 0 Å². The van der Waals surface area contributed by atoms with Crippen molar-refractivity contribution in [3.63, 3.8) is 0 Å². The van der Waals surface area contributed by atoms with Crippen LogP contribution in [0, 0.1) is 12.8 Å². The van der Waals surface area contributed by atoms with Crippen LogP contribution in [-0.2, 0) is 6.42 Å². The van der Waals surface area contributed by atoms with Crippen LogP contribution in [0.25, 0.3) is 0 Å². The normalized spacial score (nSPS) is 17.1. The first-order chi connectivity index (χ1) is 6.25. The van der Waals surface area contributed by atoms with Gasteiger partial charge in [0.15, 0.2) is 0 Å². The van der Waals surface area contributed by atoms with E-state index in [2.05, 4.69) is 23.5 Å². The zero-order chi connectivity index (χ0) is 9.26. The van der Waals surface area contributed by atoms with Crippen molar-refractivity contribution >= 4 is 11.6 Å². The van der Waals surface area contributed by atoms with E-state index in [1.54, 1.807) is 0 Å². The fourth-order valence-corrected chi connectivity index (χ4v) is 1.79. The van der Waals surface area contributed by atoms with E-state index < -0.39 is 0 Å². The molecule has 1 aliphatic rings. The summed E-state index contributed by atoms with van der Waals surface area (Å²) in [5.41, 5.74) is 2.53. The molecule has 1 saturated heterocycles. The summed E-state index contributed by atoms with van der Waals surface area (Å²) in [4.78, 5) is 0. The Hall–Kier alpha value is -0.530. The van der Waals surface area contributed by atoms with Crippen molar-refractivity contribution < 1.29 is 0 Å². The lowest BCUT2D eigenvalue weighted by atomic mass is 9.94. The molecule has 1 aromatic rings. The van der Waals surface area contributed by atoms with E-state index in [9.17, 15) is 0 Å². The molecule has 1 nitrogen and oxygen atoms in total. The van der Waals surface area contributed by atoms with E-state index in [0.29, 0.717) is 0 Å². The van der Waals surface area contributed by atoms with E-state index in [1.165, 1.54) is 5.56 Å². The van der Waals surface area contributed by atoms with Crippen LogP contribution in [0.2, 0.25) is 5.02 Å². The fourth-order valence-electron chi connectivity index (χ4n) is 1.59. The molecule has 0 unspecified atom stereocenters. The molecule has 0 saturated carbocycles. The highest BCUT2D eigenvalue weighted by molar-refractivity contribution is 6.31. The predicted molar refractivity (Wildman–Crippen MR) is 56.3 cm³/mol. The lowest BCUT2D eigenvalue weighted by Gasteiger charge is -2.27. The van der Waals surface area contributed by atoms with Gasteiger partial charge in [0.25, 0.3) is 0 Å². The number of rotatable bonds is 2. The van der Waals surface area contributed by atoms with Gasteiger partial charge in [0.1, 0.15) is 0 Å². The minimum Gasteiger partial charge on any atom is -0.316 e. The Labute approximate surface area is 84.1 Å². The lowest BCUT2D eigenvalue weighted by Crippen LogP contribution is -2.43. The Morgan fingerprint density at radius 1 is 1.46 bits per heavy atom. The molecule has 0 atom stereocenters. The first-order valence-corrected chi connectivity index (χ1v) is 5.09. The van der Waals surface area contributed by atoms with Crippen molar-refractivity contribution in [2.45, 2.75) is 13.3 Å². The number of aryl methyl sites for hydroxylation is 1. The topological polar surface area (TPSA) is 12.0 Å². The van der Waals surface area contributed by atoms with Gasteiger partial charge in [-0.15, -0.1) is 0 Å². The molecule has 0 amide bonds. The van der Waals surface area contributed by atoms with Crippen molar-refractivity contribution in [1.29, 1.82) is 0 Å². The second kappa shape index (κ2) is 3.69. The van der Waals surface area contributed by atoms with Crippen molar-refractivity contribution in [2.75, 3.05) is 13.1 Å². The molecule has 1 aliphatic heterocycles. The average molecular weight is 196 g/mol. The zero-order valence-corrected chi connectivity index (χ0v) is 8.56. The molecule has 2 heteroatoms. The number of hydrogen-bond donors (Lipinski definition) is 1. The minimum absolute atomic E-state index is 0.818. The summed E-state index contributed by atoms with van der Waals surface area (Å²) in [6.45, 7) is 4.36. The lowest BCUT2D eigenvalue weighted by molar-refractivity contribution is 0.346. The number of nitrogens with one attached hydrogen (secondary N) is 1. The molecule has 13 heavy (non-hydrogen) atoms. The van der Waals surface area contributed by atoms with E-state index in [0.717, 1.165) is 36.0 Å². The first-order valence-electron chi connectivity index (χ1n) is 4.71. The summed E-state index contributed by atoms with van der Waals surface area (Å²) in [7, 11) is 0. The molecule has 0 radical (unpaired) electrons.